The average Bonchev–Trinajstić information content (AvgIpc) is 2.61. The van der Waals surface area contributed by atoms with E-state index in [1.807, 2.05) is 0 Å². The van der Waals surface area contributed by atoms with Gasteiger partial charge >= 0.3 is 12.0 Å². The maximum atomic E-state index is 11.8. The molecular formula is C18H26N2O4. The van der Waals surface area contributed by atoms with Crippen LogP contribution in [0.25, 0.3) is 0 Å². The number of aromatic carboxylic acids is 1. The molecule has 0 aliphatic heterocycles. The Balaban J connectivity index is 1.60. The molecular weight excluding hydrogens is 308 g/mol. The lowest BCUT2D eigenvalue weighted by molar-refractivity contribution is 0.0557. The zero-order valence-corrected chi connectivity index (χ0v) is 14.1. The van der Waals surface area contributed by atoms with E-state index in [0.29, 0.717) is 25.1 Å². The second-order valence-electron chi connectivity index (χ2n) is 6.28. The first-order chi connectivity index (χ1) is 11.6. The van der Waals surface area contributed by atoms with E-state index in [9.17, 15) is 9.59 Å². The molecule has 6 nitrogen and oxygen atoms in total. The zero-order chi connectivity index (χ0) is 17.4. The molecule has 2 amide bonds. The first-order valence-corrected chi connectivity index (χ1v) is 8.45. The summed E-state index contributed by atoms with van der Waals surface area (Å²) in [6.07, 6.45) is 5.96. The number of hydrogen-bond donors (Lipinski definition) is 3. The van der Waals surface area contributed by atoms with Gasteiger partial charge in [0, 0.05) is 20.2 Å². The second-order valence-corrected chi connectivity index (χ2v) is 6.28. The molecule has 0 bridgehead atoms. The predicted molar refractivity (Wildman–Crippen MR) is 91.0 cm³/mol. The summed E-state index contributed by atoms with van der Waals surface area (Å²) in [6, 6.07) is 6.29. The van der Waals surface area contributed by atoms with Crippen LogP contribution < -0.4 is 10.6 Å². The lowest BCUT2D eigenvalue weighted by Gasteiger charge is -2.27. The molecule has 3 N–H and O–H groups in total. The number of rotatable bonds is 7. The standard InChI is InChI=1S/C18H26N2O4/c1-24-16-8-4-13(5-9-16)10-11-19-18(23)20-12-14-2-6-15(7-3-14)17(21)22/h2-3,6-7,13,16H,4-5,8-12H2,1H3,(H,21,22)(H2,19,20,23). The number of carboxylic acid groups (broad SMARTS) is 1. The monoisotopic (exact) mass is 334 g/mol. The summed E-state index contributed by atoms with van der Waals surface area (Å²) in [5.41, 5.74) is 1.11. The molecule has 0 spiro atoms. The Bertz CT molecular complexity index is 536. The molecule has 0 atom stereocenters. The van der Waals surface area contributed by atoms with E-state index in [2.05, 4.69) is 10.6 Å². The lowest BCUT2D eigenvalue weighted by Crippen LogP contribution is -2.36. The van der Waals surface area contributed by atoms with Crippen LogP contribution in [0, 0.1) is 5.92 Å². The van der Waals surface area contributed by atoms with Gasteiger partial charge in [0.15, 0.2) is 0 Å². The van der Waals surface area contributed by atoms with E-state index in [0.717, 1.165) is 37.7 Å². The van der Waals surface area contributed by atoms with Gasteiger partial charge in [0.1, 0.15) is 0 Å². The molecule has 1 aliphatic rings. The molecule has 0 aromatic heterocycles. The fourth-order valence-corrected chi connectivity index (χ4v) is 3.06. The van der Waals surface area contributed by atoms with Gasteiger partial charge in [-0.25, -0.2) is 9.59 Å². The SMILES string of the molecule is COC1CCC(CCNC(=O)NCc2ccc(C(=O)O)cc2)CC1. The Morgan fingerprint density at radius 1 is 1.12 bits per heavy atom. The Morgan fingerprint density at radius 2 is 1.79 bits per heavy atom. The average molecular weight is 334 g/mol. The summed E-state index contributed by atoms with van der Waals surface area (Å²) in [4.78, 5) is 22.6. The molecule has 0 saturated heterocycles. The van der Waals surface area contributed by atoms with E-state index in [1.54, 1.807) is 19.2 Å². The van der Waals surface area contributed by atoms with Crippen molar-refractivity contribution in [3.8, 4) is 0 Å². The highest BCUT2D eigenvalue weighted by molar-refractivity contribution is 5.87. The van der Waals surface area contributed by atoms with Crippen LogP contribution in [0.3, 0.4) is 0 Å². The third kappa shape index (κ3) is 5.85. The molecule has 6 heteroatoms. The molecule has 24 heavy (non-hydrogen) atoms. The fraction of sp³-hybridized carbons (Fsp3) is 0.556. The molecule has 132 valence electrons. The fourth-order valence-electron chi connectivity index (χ4n) is 3.06. The summed E-state index contributed by atoms with van der Waals surface area (Å²) < 4.78 is 5.36. The van der Waals surface area contributed by atoms with Gasteiger partial charge < -0.3 is 20.5 Å². The van der Waals surface area contributed by atoms with Crippen LogP contribution >= 0.6 is 0 Å². The maximum absolute atomic E-state index is 11.8. The molecule has 1 aromatic rings. The highest BCUT2D eigenvalue weighted by Gasteiger charge is 2.20. The molecule has 2 rings (SSSR count). The van der Waals surface area contributed by atoms with Crippen LogP contribution in [0.5, 0.6) is 0 Å². The Morgan fingerprint density at radius 3 is 2.38 bits per heavy atom. The van der Waals surface area contributed by atoms with Gasteiger partial charge in [-0.15, -0.1) is 0 Å². The molecule has 1 saturated carbocycles. The summed E-state index contributed by atoms with van der Waals surface area (Å²) >= 11 is 0. The third-order valence-electron chi connectivity index (χ3n) is 4.62. The Hall–Kier alpha value is -2.08. The number of carboxylic acids is 1. The molecule has 1 aromatic carbocycles. The number of carbonyl (C=O) groups is 2. The number of methoxy groups -OCH3 is 1. The van der Waals surface area contributed by atoms with E-state index in [4.69, 9.17) is 9.84 Å². The van der Waals surface area contributed by atoms with Gasteiger partial charge in [0.2, 0.25) is 0 Å². The van der Waals surface area contributed by atoms with Crippen molar-refractivity contribution in [1.82, 2.24) is 10.6 Å². The zero-order valence-electron chi connectivity index (χ0n) is 14.1. The van der Waals surface area contributed by atoms with Crippen LogP contribution in [-0.2, 0) is 11.3 Å². The van der Waals surface area contributed by atoms with E-state index < -0.39 is 5.97 Å². The minimum Gasteiger partial charge on any atom is -0.478 e. The number of urea groups is 1. The van der Waals surface area contributed by atoms with Crippen LogP contribution in [0.15, 0.2) is 24.3 Å². The van der Waals surface area contributed by atoms with E-state index in [1.165, 1.54) is 12.1 Å². The summed E-state index contributed by atoms with van der Waals surface area (Å²) in [5, 5.41) is 14.5. The normalized spacial score (nSPS) is 20.4. The van der Waals surface area contributed by atoms with Gasteiger partial charge in [0.25, 0.3) is 0 Å². The Labute approximate surface area is 142 Å². The highest BCUT2D eigenvalue weighted by Crippen LogP contribution is 2.27. The number of carbonyl (C=O) groups excluding carboxylic acids is 1. The van der Waals surface area contributed by atoms with Crippen molar-refractivity contribution in [2.45, 2.75) is 44.8 Å². The molecule has 0 unspecified atom stereocenters. The minimum absolute atomic E-state index is 0.192. The van der Waals surface area contributed by atoms with Crippen LogP contribution in [0.2, 0.25) is 0 Å². The van der Waals surface area contributed by atoms with Gasteiger partial charge in [-0.2, -0.15) is 0 Å². The maximum Gasteiger partial charge on any atom is 0.335 e. The Kier molecular flexibility index (Phi) is 7.06. The largest absolute Gasteiger partial charge is 0.478 e. The van der Waals surface area contributed by atoms with Gasteiger partial charge in [0.05, 0.1) is 11.7 Å². The minimum atomic E-state index is -0.952. The first-order valence-electron chi connectivity index (χ1n) is 8.45. The van der Waals surface area contributed by atoms with Crippen molar-refractivity contribution in [3.05, 3.63) is 35.4 Å². The number of benzene rings is 1. The summed E-state index contributed by atoms with van der Waals surface area (Å²) in [7, 11) is 1.77. The van der Waals surface area contributed by atoms with Crippen LogP contribution in [-0.4, -0.2) is 36.9 Å². The highest BCUT2D eigenvalue weighted by atomic mass is 16.5. The number of nitrogens with one attached hydrogen (secondary N) is 2. The summed E-state index contributed by atoms with van der Waals surface area (Å²) in [5.74, 6) is -0.285. The molecule has 0 heterocycles. The van der Waals surface area contributed by atoms with Crippen molar-refractivity contribution in [3.63, 3.8) is 0 Å². The first kappa shape index (κ1) is 18.3. The number of amides is 2. The predicted octanol–water partition coefficient (Wildman–Crippen LogP) is 2.78. The van der Waals surface area contributed by atoms with Crippen molar-refractivity contribution >= 4 is 12.0 Å². The van der Waals surface area contributed by atoms with E-state index >= 15 is 0 Å². The van der Waals surface area contributed by atoms with Crippen LogP contribution in [0.1, 0.15) is 48.0 Å². The molecule has 1 aliphatic carbocycles. The van der Waals surface area contributed by atoms with Gasteiger partial charge in [-0.1, -0.05) is 12.1 Å². The van der Waals surface area contributed by atoms with Crippen molar-refractivity contribution < 1.29 is 19.4 Å². The number of hydrogen-bond acceptors (Lipinski definition) is 3. The van der Waals surface area contributed by atoms with E-state index in [-0.39, 0.29) is 11.6 Å². The van der Waals surface area contributed by atoms with Crippen molar-refractivity contribution in [2.75, 3.05) is 13.7 Å². The smallest absolute Gasteiger partial charge is 0.335 e. The second kappa shape index (κ2) is 9.27. The van der Waals surface area contributed by atoms with Crippen molar-refractivity contribution in [1.29, 1.82) is 0 Å². The third-order valence-corrected chi connectivity index (χ3v) is 4.62. The van der Waals surface area contributed by atoms with Crippen molar-refractivity contribution in [2.24, 2.45) is 5.92 Å². The summed E-state index contributed by atoms with van der Waals surface area (Å²) in [6.45, 7) is 1.05. The van der Waals surface area contributed by atoms with Crippen LogP contribution in [0.4, 0.5) is 4.79 Å². The topological polar surface area (TPSA) is 87.7 Å². The van der Waals surface area contributed by atoms with Gasteiger partial charge in [-0.05, 0) is 55.7 Å². The van der Waals surface area contributed by atoms with Gasteiger partial charge in [-0.3, -0.25) is 0 Å². The molecule has 1 fully saturated rings. The number of ether oxygens (including phenoxy) is 1. The molecule has 0 radical (unpaired) electrons. The lowest BCUT2D eigenvalue weighted by atomic mass is 9.85. The quantitative estimate of drug-likeness (QED) is 0.715.